The normalized spacial score (nSPS) is 17.3. The van der Waals surface area contributed by atoms with Crippen LogP contribution in [0.3, 0.4) is 0 Å². The molecule has 2 N–H and O–H groups in total. The highest BCUT2D eigenvalue weighted by atomic mass is 16.5. The van der Waals surface area contributed by atoms with Gasteiger partial charge in [-0.2, -0.15) is 0 Å². The smallest absolute Gasteiger partial charge is 0.191 e. The average molecular weight is 318 g/mol. The van der Waals surface area contributed by atoms with Crippen LogP contribution in [-0.4, -0.2) is 56.2 Å². The van der Waals surface area contributed by atoms with Crippen LogP contribution in [-0.2, 0) is 0 Å². The fourth-order valence-electron chi connectivity index (χ4n) is 2.80. The molecule has 5 nitrogen and oxygen atoms in total. The van der Waals surface area contributed by atoms with E-state index in [1.54, 1.807) is 0 Å². The second-order valence-corrected chi connectivity index (χ2v) is 6.21. The van der Waals surface area contributed by atoms with E-state index >= 15 is 0 Å². The Bertz CT molecular complexity index is 467. The molecule has 1 aliphatic rings. The molecule has 1 aromatic rings. The summed E-state index contributed by atoms with van der Waals surface area (Å²) in [4.78, 5) is 6.84. The molecule has 0 saturated carbocycles. The number of hydrogen-bond acceptors (Lipinski definition) is 3. The third-order valence-corrected chi connectivity index (χ3v) is 4.23. The molecule has 0 aliphatic carbocycles. The van der Waals surface area contributed by atoms with Crippen LogP contribution in [0.15, 0.2) is 35.3 Å². The molecule has 2 rings (SSSR count). The Hall–Kier alpha value is -1.75. The number of likely N-dealkylation sites (tertiary alicyclic amines) is 1. The third kappa shape index (κ3) is 6.10. The van der Waals surface area contributed by atoms with Crippen molar-refractivity contribution in [2.75, 3.05) is 33.3 Å². The minimum Gasteiger partial charge on any atom is -0.492 e. The quantitative estimate of drug-likeness (QED) is 0.479. The molecular weight excluding hydrogens is 288 g/mol. The van der Waals surface area contributed by atoms with Crippen LogP contribution in [0.5, 0.6) is 5.75 Å². The van der Waals surface area contributed by atoms with Gasteiger partial charge in [-0.15, -0.1) is 0 Å². The molecular formula is C18H30N4O. The van der Waals surface area contributed by atoms with Crippen LogP contribution >= 0.6 is 0 Å². The van der Waals surface area contributed by atoms with Gasteiger partial charge in [0.1, 0.15) is 12.4 Å². The second-order valence-electron chi connectivity index (χ2n) is 6.21. The first-order chi connectivity index (χ1) is 11.2. The van der Waals surface area contributed by atoms with E-state index in [0.717, 1.165) is 31.3 Å². The molecule has 0 bridgehead atoms. The molecule has 5 heteroatoms. The summed E-state index contributed by atoms with van der Waals surface area (Å²) < 4.78 is 5.68. The Morgan fingerprint density at radius 1 is 1.26 bits per heavy atom. The summed E-state index contributed by atoms with van der Waals surface area (Å²) in [5.74, 6) is 1.77. The van der Waals surface area contributed by atoms with Crippen molar-refractivity contribution in [3.63, 3.8) is 0 Å². The van der Waals surface area contributed by atoms with Crippen molar-refractivity contribution in [2.24, 2.45) is 4.99 Å². The van der Waals surface area contributed by atoms with E-state index in [4.69, 9.17) is 4.74 Å². The average Bonchev–Trinajstić information content (AvgIpc) is 2.59. The highest BCUT2D eigenvalue weighted by Crippen LogP contribution is 2.12. The van der Waals surface area contributed by atoms with Gasteiger partial charge in [-0.3, -0.25) is 4.99 Å². The molecule has 23 heavy (non-hydrogen) atoms. The standard InChI is InChI=1S/C18H30N4O/c1-15(2)22-12-9-16(10-13-22)21-18(19-3)20-11-14-23-17-7-5-4-6-8-17/h4-8,15-16H,9-14H2,1-3H3,(H2,19,20,21). The molecule has 1 fully saturated rings. The summed E-state index contributed by atoms with van der Waals surface area (Å²) in [6.07, 6.45) is 2.33. The number of guanidine groups is 1. The van der Waals surface area contributed by atoms with Gasteiger partial charge in [0.25, 0.3) is 0 Å². The Morgan fingerprint density at radius 2 is 1.96 bits per heavy atom. The van der Waals surface area contributed by atoms with Gasteiger partial charge in [0.05, 0.1) is 6.54 Å². The zero-order valence-electron chi connectivity index (χ0n) is 14.6. The fourth-order valence-corrected chi connectivity index (χ4v) is 2.80. The topological polar surface area (TPSA) is 48.9 Å². The maximum Gasteiger partial charge on any atom is 0.191 e. The lowest BCUT2D eigenvalue weighted by atomic mass is 10.0. The van der Waals surface area contributed by atoms with Crippen molar-refractivity contribution in [3.05, 3.63) is 30.3 Å². The van der Waals surface area contributed by atoms with Crippen LogP contribution in [0.2, 0.25) is 0 Å². The van der Waals surface area contributed by atoms with Gasteiger partial charge >= 0.3 is 0 Å². The summed E-state index contributed by atoms with van der Waals surface area (Å²) >= 11 is 0. The van der Waals surface area contributed by atoms with Crippen LogP contribution in [0.1, 0.15) is 26.7 Å². The van der Waals surface area contributed by atoms with E-state index < -0.39 is 0 Å². The van der Waals surface area contributed by atoms with Crippen molar-refractivity contribution in [3.8, 4) is 5.75 Å². The SMILES string of the molecule is CN=C(NCCOc1ccccc1)NC1CCN(C(C)C)CC1. The van der Waals surface area contributed by atoms with Crippen molar-refractivity contribution in [1.29, 1.82) is 0 Å². The number of rotatable bonds is 6. The monoisotopic (exact) mass is 318 g/mol. The minimum atomic E-state index is 0.506. The first-order valence-electron chi connectivity index (χ1n) is 8.58. The zero-order chi connectivity index (χ0) is 16.5. The lowest BCUT2D eigenvalue weighted by Crippen LogP contribution is -2.50. The Labute approximate surface area is 140 Å². The molecule has 0 unspecified atom stereocenters. The number of benzene rings is 1. The maximum atomic E-state index is 5.68. The summed E-state index contributed by atoms with van der Waals surface area (Å²) in [6.45, 7) is 8.20. The molecule has 1 heterocycles. The molecule has 1 aliphatic heterocycles. The van der Waals surface area contributed by atoms with Gasteiger partial charge in [0.2, 0.25) is 0 Å². The molecule has 0 spiro atoms. The van der Waals surface area contributed by atoms with Crippen molar-refractivity contribution in [1.82, 2.24) is 15.5 Å². The van der Waals surface area contributed by atoms with Crippen LogP contribution in [0.25, 0.3) is 0 Å². The van der Waals surface area contributed by atoms with Crippen LogP contribution in [0.4, 0.5) is 0 Å². The van der Waals surface area contributed by atoms with Gasteiger partial charge in [-0.05, 0) is 38.8 Å². The van der Waals surface area contributed by atoms with E-state index in [0.29, 0.717) is 18.7 Å². The molecule has 128 valence electrons. The summed E-state index contributed by atoms with van der Waals surface area (Å²) in [6, 6.07) is 11.0. The predicted octanol–water partition coefficient (Wildman–Crippen LogP) is 2.10. The third-order valence-electron chi connectivity index (χ3n) is 4.23. The Kier molecular flexibility index (Phi) is 7.20. The largest absolute Gasteiger partial charge is 0.492 e. The number of nitrogens with one attached hydrogen (secondary N) is 2. The highest BCUT2D eigenvalue weighted by Gasteiger charge is 2.21. The molecule has 0 aromatic heterocycles. The lowest BCUT2D eigenvalue weighted by Gasteiger charge is -2.35. The second kappa shape index (κ2) is 9.40. The summed E-state index contributed by atoms with van der Waals surface area (Å²) in [5.41, 5.74) is 0. The number of piperidine rings is 1. The Morgan fingerprint density at radius 3 is 2.57 bits per heavy atom. The van der Waals surface area contributed by atoms with E-state index in [1.807, 2.05) is 37.4 Å². The predicted molar refractivity (Wildman–Crippen MR) is 96.2 cm³/mol. The molecule has 0 radical (unpaired) electrons. The first kappa shape index (κ1) is 17.6. The van der Waals surface area contributed by atoms with Crippen molar-refractivity contribution < 1.29 is 4.74 Å². The Balaban J connectivity index is 1.64. The maximum absolute atomic E-state index is 5.68. The molecule has 0 amide bonds. The van der Waals surface area contributed by atoms with Gasteiger partial charge in [-0.1, -0.05) is 18.2 Å². The van der Waals surface area contributed by atoms with Gasteiger partial charge in [0.15, 0.2) is 5.96 Å². The van der Waals surface area contributed by atoms with E-state index in [9.17, 15) is 0 Å². The fraction of sp³-hybridized carbons (Fsp3) is 0.611. The summed E-state index contributed by atoms with van der Waals surface area (Å²) in [5, 5.41) is 6.84. The van der Waals surface area contributed by atoms with Gasteiger partial charge in [0, 0.05) is 32.2 Å². The van der Waals surface area contributed by atoms with E-state index in [2.05, 4.69) is 34.4 Å². The molecule has 1 saturated heterocycles. The number of nitrogens with zero attached hydrogens (tertiary/aromatic N) is 2. The van der Waals surface area contributed by atoms with Crippen LogP contribution < -0.4 is 15.4 Å². The number of aliphatic imine (C=N–C) groups is 1. The molecule has 0 atom stereocenters. The van der Waals surface area contributed by atoms with Crippen molar-refractivity contribution in [2.45, 2.75) is 38.8 Å². The number of hydrogen-bond donors (Lipinski definition) is 2. The van der Waals surface area contributed by atoms with Gasteiger partial charge in [-0.25, -0.2) is 0 Å². The number of para-hydroxylation sites is 1. The number of ether oxygens (including phenoxy) is 1. The van der Waals surface area contributed by atoms with E-state index in [-0.39, 0.29) is 0 Å². The van der Waals surface area contributed by atoms with Gasteiger partial charge < -0.3 is 20.3 Å². The van der Waals surface area contributed by atoms with E-state index in [1.165, 1.54) is 12.8 Å². The zero-order valence-corrected chi connectivity index (χ0v) is 14.6. The molecule has 1 aromatic carbocycles. The van der Waals surface area contributed by atoms with Crippen LogP contribution in [0, 0.1) is 0 Å². The first-order valence-corrected chi connectivity index (χ1v) is 8.58. The summed E-state index contributed by atoms with van der Waals surface area (Å²) in [7, 11) is 1.82. The van der Waals surface area contributed by atoms with Crippen molar-refractivity contribution >= 4 is 5.96 Å². The minimum absolute atomic E-state index is 0.506. The lowest BCUT2D eigenvalue weighted by molar-refractivity contribution is 0.167. The highest BCUT2D eigenvalue weighted by molar-refractivity contribution is 5.79.